The van der Waals surface area contributed by atoms with Crippen LogP contribution in [0.25, 0.3) is 0 Å². The van der Waals surface area contributed by atoms with E-state index in [9.17, 15) is 0 Å². The maximum atomic E-state index is 5.36. The summed E-state index contributed by atoms with van der Waals surface area (Å²) in [6.45, 7) is 1.65. The highest BCUT2D eigenvalue weighted by Crippen LogP contribution is 2.32. The minimum Gasteiger partial charge on any atom is -0.454 e. The van der Waals surface area contributed by atoms with Gasteiger partial charge in [0.25, 0.3) is 0 Å². The summed E-state index contributed by atoms with van der Waals surface area (Å²) in [4.78, 5) is 0. The monoisotopic (exact) mass is 426 g/mol. The van der Waals surface area contributed by atoms with Crippen LogP contribution in [-0.2, 0) is 13.1 Å². The molecule has 2 aromatic rings. The van der Waals surface area contributed by atoms with E-state index in [0.717, 1.165) is 17.1 Å². The van der Waals surface area contributed by atoms with Crippen molar-refractivity contribution < 1.29 is 9.47 Å². The number of rotatable bonds is 4. The molecule has 0 unspecified atom stereocenters. The van der Waals surface area contributed by atoms with Crippen LogP contribution in [0.3, 0.4) is 0 Å². The molecule has 4 nitrogen and oxygen atoms in total. The number of halogens is 1. The molecule has 114 valence electrons. The van der Waals surface area contributed by atoms with Crippen molar-refractivity contribution in [2.45, 2.75) is 13.1 Å². The lowest BCUT2D eigenvalue weighted by Crippen LogP contribution is -2.34. The Kier molecular flexibility index (Phi) is 4.99. The molecular weight excluding hydrogens is 411 g/mol. The van der Waals surface area contributed by atoms with Crippen LogP contribution in [0.5, 0.6) is 11.5 Å². The molecule has 0 bridgehead atoms. The van der Waals surface area contributed by atoms with E-state index in [1.54, 1.807) is 0 Å². The fourth-order valence-electron chi connectivity index (χ4n) is 2.13. The number of hydrogen-bond donors (Lipinski definition) is 2. The summed E-state index contributed by atoms with van der Waals surface area (Å²) < 4.78 is 11.9. The van der Waals surface area contributed by atoms with Gasteiger partial charge in [-0.25, -0.2) is 0 Å². The van der Waals surface area contributed by atoms with E-state index in [2.05, 4.69) is 51.4 Å². The van der Waals surface area contributed by atoms with Crippen molar-refractivity contribution in [1.29, 1.82) is 0 Å². The van der Waals surface area contributed by atoms with Gasteiger partial charge in [0.2, 0.25) is 6.79 Å². The lowest BCUT2D eigenvalue weighted by molar-refractivity contribution is 0.174. The second kappa shape index (κ2) is 7.15. The second-order valence-corrected chi connectivity index (χ2v) is 6.51. The van der Waals surface area contributed by atoms with Gasteiger partial charge in [0.1, 0.15) is 0 Å². The van der Waals surface area contributed by atoms with Gasteiger partial charge in [-0.2, -0.15) is 0 Å². The number of thiocarbonyl (C=S) groups is 1. The summed E-state index contributed by atoms with van der Waals surface area (Å²) in [7, 11) is 0. The molecule has 1 heterocycles. The molecular formula is C16H15IN2O2S. The van der Waals surface area contributed by atoms with E-state index >= 15 is 0 Å². The molecule has 0 fully saturated rings. The van der Waals surface area contributed by atoms with Gasteiger partial charge in [0, 0.05) is 16.7 Å². The minimum atomic E-state index is 0.294. The first-order valence-corrected chi connectivity index (χ1v) is 8.34. The molecule has 0 aliphatic carbocycles. The summed E-state index contributed by atoms with van der Waals surface area (Å²) in [5, 5.41) is 7.04. The molecule has 2 aromatic carbocycles. The Bertz CT molecular complexity index is 694. The van der Waals surface area contributed by atoms with Gasteiger partial charge in [0.05, 0.1) is 0 Å². The quantitative estimate of drug-likeness (QED) is 0.581. The third-order valence-electron chi connectivity index (χ3n) is 3.23. The largest absolute Gasteiger partial charge is 0.454 e. The highest BCUT2D eigenvalue weighted by molar-refractivity contribution is 14.1. The first-order valence-electron chi connectivity index (χ1n) is 6.85. The van der Waals surface area contributed by atoms with E-state index in [0.29, 0.717) is 25.0 Å². The maximum Gasteiger partial charge on any atom is 0.231 e. The maximum absolute atomic E-state index is 5.36. The van der Waals surface area contributed by atoms with Crippen molar-refractivity contribution in [2.24, 2.45) is 0 Å². The third kappa shape index (κ3) is 4.01. The van der Waals surface area contributed by atoms with E-state index in [-0.39, 0.29) is 0 Å². The van der Waals surface area contributed by atoms with E-state index in [4.69, 9.17) is 21.7 Å². The molecule has 0 saturated carbocycles. The SMILES string of the molecule is S=C(NCc1cccc(I)c1)NCc1ccc2c(c1)OCO2. The van der Waals surface area contributed by atoms with Crippen LogP contribution in [0.15, 0.2) is 42.5 Å². The Morgan fingerprint density at radius 1 is 1.00 bits per heavy atom. The molecule has 0 amide bonds. The molecule has 0 radical (unpaired) electrons. The zero-order valence-electron chi connectivity index (χ0n) is 11.8. The van der Waals surface area contributed by atoms with Crippen LogP contribution in [-0.4, -0.2) is 11.9 Å². The van der Waals surface area contributed by atoms with Crippen LogP contribution in [0.1, 0.15) is 11.1 Å². The lowest BCUT2D eigenvalue weighted by atomic mass is 10.2. The molecule has 0 spiro atoms. The molecule has 22 heavy (non-hydrogen) atoms. The minimum absolute atomic E-state index is 0.294. The predicted molar refractivity (Wildman–Crippen MR) is 98.0 cm³/mol. The zero-order valence-corrected chi connectivity index (χ0v) is 14.7. The van der Waals surface area contributed by atoms with Gasteiger partial charge in [-0.3, -0.25) is 0 Å². The summed E-state index contributed by atoms with van der Waals surface area (Å²) in [5.74, 6) is 1.58. The number of benzene rings is 2. The van der Waals surface area contributed by atoms with Crippen LogP contribution in [0.2, 0.25) is 0 Å². The molecule has 0 aromatic heterocycles. The first-order chi connectivity index (χ1) is 10.7. The molecule has 0 atom stereocenters. The van der Waals surface area contributed by atoms with Crippen molar-refractivity contribution in [3.8, 4) is 11.5 Å². The number of fused-ring (bicyclic) bond motifs is 1. The van der Waals surface area contributed by atoms with Crippen molar-refractivity contribution in [1.82, 2.24) is 10.6 Å². The van der Waals surface area contributed by atoms with Gasteiger partial charge < -0.3 is 20.1 Å². The average molecular weight is 426 g/mol. The van der Waals surface area contributed by atoms with Crippen molar-refractivity contribution in [3.05, 3.63) is 57.2 Å². The molecule has 1 aliphatic heterocycles. The fourth-order valence-corrected chi connectivity index (χ4v) is 2.88. The molecule has 0 saturated heterocycles. The van der Waals surface area contributed by atoms with Gasteiger partial charge in [0.15, 0.2) is 16.6 Å². The Morgan fingerprint density at radius 3 is 2.50 bits per heavy atom. The lowest BCUT2D eigenvalue weighted by Gasteiger charge is -2.11. The topological polar surface area (TPSA) is 42.5 Å². The average Bonchev–Trinajstić information content (AvgIpc) is 2.98. The summed E-state index contributed by atoms with van der Waals surface area (Å²) in [6, 6.07) is 14.2. The Hall–Kier alpha value is -1.54. The fraction of sp³-hybridized carbons (Fsp3) is 0.188. The number of ether oxygens (including phenoxy) is 2. The first kappa shape index (κ1) is 15.4. The highest BCUT2D eigenvalue weighted by atomic mass is 127. The molecule has 1 aliphatic rings. The summed E-state index contributed by atoms with van der Waals surface area (Å²) >= 11 is 7.61. The van der Waals surface area contributed by atoms with Crippen molar-refractivity contribution in [2.75, 3.05) is 6.79 Å². The van der Waals surface area contributed by atoms with E-state index < -0.39 is 0 Å². The third-order valence-corrected chi connectivity index (χ3v) is 4.19. The standard InChI is InChI=1S/C16H15IN2O2S/c17-13-3-1-2-11(6-13)8-18-16(22)19-9-12-4-5-14-15(7-12)21-10-20-14/h1-7H,8-10H2,(H2,18,19,22). The summed E-state index contributed by atoms with van der Waals surface area (Å²) in [5.41, 5.74) is 2.31. The smallest absolute Gasteiger partial charge is 0.231 e. The van der Waals surface area contributed by atoms with Gasteiger partial charge in [-0.05, 0) is 70.2 Å². The van der Waals surface area contributed by atoms with Crippen molar-refractivity contribution in [3.63, 3.8) is 0 Å². The normalized spacial score (nSPS) is 12.0. The Balaban J connectivity index is 1.48. The number of hydrogen-bond acceptors (Lipinski definition) is 3. The van der Waals surface area contributed by atoms with Gasteiger partial charge in [-0.1, -0.05) is 18.2 Å². The van der Waals surface area contributed by atoms with Crippen LogP contribution in [0, 0.1) is 3.57 Å². The van der Waals surface area contributed by atoms with Gasteiger partial charge >= 0.3 is 0 Å². The highest BCUT2D eigenvalue weighted by Gasteiger charge is 2.12. The van der Waals surface area contributed by atoms with E-state index in [1.807, 2.05) is 24.3 Å². The zero-order chi connectivity index (χ0) is 15.4. The molecule has 3 rings (SSSR count). The van der Waals surface area contributed by atoms with E-state index in [1.165, 1.54) is 9.13 Å². The van der Waals surface area contributed by atoms with Crippen LogP contribution < -0.4 is 20.1 Å². The number of nitrogens with one attached hydrogen (secondary N) is 2. The Morgan fingerprint density at radius 2 is 1.73 bits per heavy atom. The molecule has 2 N–H and O–H groups in total. The van der Waals surface area contributed by atoms with Crippen molar-refractivity contribution >= 4 is 39.9 Å². The van der Waals surface area contributed by atoms with Gasteiger partial charge in [-0.15, -0.1) is 0 Å². The Labute approximate surface area is 148 Å². The predicted octanol–water partition coefficient (Wildman–Crippen LogP) is 3.18. The van der Waals surface area contributed by atoms with Crippen LogP contribution >= 0.6 is 34.8 Å². The summed E-state index contributed by atoms with van der Waals surface area (Å²) in [6.07, 6.45) is 0. The second-order valence-electron chi connectivity index (χ2n) is 4.85. The molecule has 6 heteroatoms. The van der Waals surface area contributed by atoms with Crippen LogP contribution in [0.4, 0.5) is 0 Å².